The van der Waals surface area contributed by atoms with Gasteiger partial charge < -0.3 is 4.42 Å². The van der Waals surface area contributed by atoms with Gasteiger partial charge in [0.2, 0.25) is 5.71 Å². The molecule has 2 aromatic carbocycles. The Morgan fingerprint density at radius 3 is 2.22 bits per heavy atom. The number of para-hydroxylation sites is 1. The zero-order valence-electron chi connectivity index (χ0n) is 22.6. The van der Waals surface area contributed by atoms with E-state index < -0.39 is 0 Å². The van der Waals surface area contributed by atoms with Gasteiger partial charge in [0, 0.05) is 33.1 Å². The van der Waals surface area contributed by atoms with Crippen molar-refractivity contribution in [2.24, 2.45) is 0 Å². The highest BCUT2D eigenvalue weighted by Gasteiger charge is 2.22. The topological polar surface area (TPSA) is 38.9 Å². The van der Waals surface area contributed by atoms with E-state index in [0.717, 1.165) is 33.3 Å². The van der Waals surface area contributed by atoms with Crippen LogP contribution in [-0.4, -0.2) is 9.97 Å². The molecule has 0 unspecified atom stereocenters. The van der Waals surface area contributed by atoms with Gasteiger partial charge in [0.15, 0.2) is 0 Å². The molecule has 4 heterocycles. The summed E-state index contributed by atoms with van der Waals surface area (Å²) in [7, 11) is 0. The lowest BCUT2D eigenvalue weighted by Crippen LogP contribution is -2.16. The fourth-order valence-corrected chi connectivity index (χ4v) is 5.84. The Morgan fingerprint density at radius 2 is 1.51 bits per heavy atom. The van der Waals surface area contributed by atoms with Crippen molar-refractivity contribution in [3.63, 3.8) is 0 Å². The Balaban J connectivity index is 1.49. The zero-order valence-corrected chi connectivity index (χ0v) is 23.4. The molecule has 0 aliphatic rings. The van der Waals surface area contributed by atoms with E-state index in [0.29, 0.717) is 5.71 Å². The molecule has 0 atom stereocenters. The minimum atomic E-state index is 0.0834. The van der Waals surface area contributed by atoms with Gasteiger partial charge in [0.05, 0.1) is 10.4 Å². The van der Waals surface area contributed by atoms with Gasteiger partial charge >= 0.3 is 0 Å². The van der Waals surface area contributed by atoms with E-state index in [4.69, 9.17) is 9.40 Å². The summed E-state index contributed by atoms with van der Waals surface area (Å²) in [4.78, 5) is 10.7. The van der Waals surface area contributed by atoms with E-state index in [1.807, 2.05) is 19.2 Å². The van der Waals surface area contributed by atoms with Crippen LogP contribution >= 0.6 is 11.3 Å². The number of thiophene rings is 1. The minimum Gasteiger partial charge on any atom is -0.437 e. The van der Waals surface area contributed by atoms with Crippen molar-refractivity contribution < 1.29 is 4.42 Å². The van der Waals surface area contributed by atoms with Crippen LogP contribution in [0.3, 0.4) is 0 Å². The van der Waals surface area contributed by atoms with Gasteiger partial charge in [0.25, 0.3) is 0 Å². The van der Waals surface area contributed by atoms with Crippen LogP contribution in [0, 0.1) is 6.92 Å². The molecule has 0 aliphatic carbocycles. The molecule has 0 radical (unpaired) electrons. The summed E-state index contributed by atoms with van der Waals surface area (Å²) in [5.74, 6) is 0. The van der Waals surface area contributed by atoms with Crippen molar-refractivity contribution in [3.05, 3.63) is 83.7 Å². The number of rotatable bonds is 2. The first-order valence-corrected chi connectivity index (χ1v) is 13.6. The monoisotopic (exact) mass is 504 g/mol. The van der Waals surface area contributed by atoms with Crippen LogP contribution in [0.4, 0.5) is 0 Å². The lowest BCUT2D eigenvalue weighted by Gasteiger charge is -2.26. The summed E-state index contributed by atoms with van der Waals surface area (Å²) in [6.45, 7) is 15.7. The number of nitrogens with zero attached hydrogens (tertiary/aromatic N) is 2. The molecular formula is C33H32N2OS. The molecule has 0 saturated heterocycles. The Kier molecular flexibility index (Phi) is 5.33. The second kappa shape index (κ2) is 8.26. The Bertz CT molecular complexity index is 1780. The number of pyridine rings is 2. The van der Waals surface area contributed by atoms with Crippen LogP contribution in [-0.2, 0) is 10.8 Å². The fraction of sp³-hybridized carbons (Fsp3) is 0.273. The Hall–Kier alpha value is -3.50. The van der Waals surface area contributed by atoms with Crippen LogP contribution in [0.15, 0.2) is 71.3 Å². The normalized spacial score (nSPS) is 12.7. The van der Waals surface area contributed by atoms with Gasteiger partial charge in [0.1, 0.15) is 5.58 Å². The Labute approximate surface area is 222 Å². The fourth-order valence-electron chi connectivity index (χ4n) is 4.84. The molecule has 0 amide bonds. The lowest BCUT2D eigenvalue weighted by molar-refractivity contribution is 0.569. The van der Waals surface area contributed by atoms with E-state index in [1.54, 1.807) is 11.3 Å². The third-order valence-corrected chi connectivity index (χ3v) is 8.27. The summed E-state index contributed by atoms with van der Waals surface area (Å²) in [6.07, 6.45) is 2.00. The summed E-state index contributed by atoms with van der Waals surface area (Å²) in [5.41, 5.74) is 8.55. The molecule has 0 aliphatic heterocycles. The van der Waals surface area contributed by atoms with E-state index in [1.165, 1.54) is 31.7 Å². The smallest absolute Gasteiger partial charge is 0.227 e. The highest BCUT2D eigenvalue weighted by Crippen LogP contribution is 2.40. The summed E-state index contributed by atoms with van der Waals surface area (Å²) >= 11 is 1.81. The molecule has 6 aromatic rings. The maximum Gasteiger partial charge on any atom is 0.227 e. The molecule has 37 heavy (non-hydrogen) atoms. The molecule has 0 bridgehead atoms. The largest absolute Gasteiger partial charge is 0.437 e. The first-order valence-electron chi connectivity index (χ1n) is 12.8. The predicted octanol–water partition coefficient (Wildman–Crippen LogP) is 9.83. The molecule has 0 saturated carbocycles. The highest BCUT2D eigenvalue weighted by atomic mass is 32.1. The van der Waals surface area contributed by atoms with Crippen molar-refractivity contribution in [1.82, 2.24) is 9.97 Å². The molecule has 0 fully saturated rings. The standard InChI is InChI=1S/C33H32N2OS/c1-19-11-12-25-24-9-8-10-26(30(24)36-31(25)35-19)27-15-21-16-28(37-29(21)18-34-27)20-13-22(32(2,3)4)17-23(14-20)33(5,6)7/h8-18H,1-7H3. The van der Waals surface area contributed by atoms with Gasteiger partial charge in [-0.3, -0.25) is 4.98 Å². The SMILES string of the molecule is Cc1ccc2c(n1)oc1c(-c3cc4cc(-c5cc(C(C)(C)C)cc(C(C)(C)C)c5)sc4cn3)cccc12. The van der Waals surface area contributed by atoms with Gasteiger partial charge in [-0.05, 0) is 82.3 Å². The quantitative estimate of drug-likeness (QED) is 0.235. The third-order valence-electron chi connectivity index (χ3n) is 7.13. The number of hydrogen-bond acceptors (Lipinski definition) is 4. The number of furan rings is 1. The van der Waals surface area contributed by atoms with Gasteiger partial charge in [-0.15, -0.1) is 11.3 Å². The first-order chi connectivity index (χ1) is 17.5. The number of fused-ring (bicyclic) bond motifs is 4. The molecule has 3 nitrogen and oxygen atoms in total. The van der Waals surface area contributed by atoms with Crippen LogP contribution in [0.1, 0.15) is 58.4 Å². The average molecular weight is 505 g/mol. The summed E-state index contributed by atoms with van der Waals surface area (Å²) in [6, 6.07) is 22.0. The Morgan fingerprint density at radius 1 is 0.784 bits per heavy atom. The van der Waals surface area contributed by atoms with Crippen molar-refractivity contribution in [2.45, 2.75) is 59.3 Å². The van der Waals surface area contributed by atoms with Gasteiger partial charge in [-0.1, -0.05) is 59.7 Å². The van der Waals surface area contributed by atoms with Crippen molar-refractivity contribution >= 4 is 43.5 Å². The van der Waals surface area contributed by atoms with E-state index in [2.05, 4.69) is 101 Å². The molecule has 0 N–H and O–H groups in total. The predicted molar refractivity (Wildman–Crippen MR) is 158 cm³/mol. The van der Waals surface area contributed by atoms with Crippen LogP contribution in [0.25, 0.3) is 53.9 Å². The van der Waals surface area contributed by atoms with Gasteiger partial charge in [-0.25, -0.2) is 4.98 Å². The maximum absolute atomic E-state index is 6.25. The molecule has 6 rings (SSSR count). The summed E-state index contributed by atoms with van der Waals surface area (Å²) in [5, 5.41) is 3.31. The van der Waals surface area contributed by atoms with Crippen molar-refractivity contribution in [3.8, 4) is 21.7 Å². The lowest BCUT2D eigenvalue weighted by atomic mass is 9.79. The zero-order chi connectivity index (χ0) is 26.1. The highest BCUT2D eigenvalue weighted by molar-refractivity contribution is 7.22. The van der Waals surface area contributed by atoms with Crippen LogP contribution < -0.4 is 0 Å². The van der Waals surface area contributed by atoms with E-state index >= 15 is 0 Å². The molecular weight excluding hydrogens is 472 g/mol. The molecule has 4 heteroatoms. The number of aryl methyl sites for hydroxylation is 1. The third kappa shape index (κ3) is 4.23. The van der Waals surface area contributed by atoms with Crippen molar-refractivity contribution in [1.29, 1.82) is 0 Å². The molecule has 4 aromatic heterocycles. The second-order valence-corrected chi connectivity index (χ2v) is 13.2. The number of hydrogen-bond donors (Lipinski definition) is 0. The van der Waals surface area contributed by atoms with Crippen molar-refractivity contribution in [2.75, 3.05) is 0 Å². The van der Waals surface area contributed by atoms with E-state index in [-0.39, 0.29) is 10.8 Å². The van der Waals surface area contributed by atoms with E-state index in [9.17, 15) is 0 Å². The molecule has 186 valence electrons. The summed E-state index contributed by atoms with van der Waals surface area (Å²) < 4.78 is 7.43. The average Bonchev–Trinajstić information content (AvgIpc) is 3.43. The minimum absolute atomic E-state index is 0.0834. The second-order valence-electron chi connectivity index (χ2n) is 12.1. The van der Waals surface area contributed by atoms with Gasteiger partial charge in [-0.2, -0.15) is 0 Å². The molecule has 0 spiro atoms. The first kappa shape index (κ1) is 23.9. The number of benzene rings is 2. The maximum atomic E-state index is 6.25. The van der Waals surface area contributed by atoms with Crippen LogP contribution in [0.5, 0.6) is 0 Å². The number of aromatic nitrogens is 2. The van der Waals surface area contributed by atoms with Crippen LogP contribution in [0.2, 0.25) is 0 Å².